The highest BCUT2D eigenvalue weighted by molar-refractivity contribution is 6.30. The Labute approximate surface area is 219 Å². The lowest BCUT2D eigenvalue weighted by molar-refractivity contribution is -0.122. The molecule has 3 aromatic rings. The molecule has 2 N–H and O–H groups in total. The molecule has 0 bridgehead atoms. The van der Waals surface area contributed by atoms with Gasteiger partial charge >= 0.3 is 5.97 Å². The summed E-state index contributed by atoms with van der Waals surface area (Å²) >= 11 is 6.01. The number of nitrogens with zero attached hydrogens (tertiary/aromatic N) is 4. The van der Waals surface area contributed by atoms with Crippen LogP contribution < -0.4 is 15.5 Å². The Kier molecular flexibility index (Phi) is 7.40. The zero-order valence-corrected chi connectivity index (χ0v) is 21.7. The van der Waals surface area contributed by atoms with Crippen molar-refractivity contribution in [2.45, 2.75) is 25.2 Å². The Morgan fingerprint density at radius 1 is 1.11 bits per heavy atom. The number of methoxy groups -OCH3 is 1. The molecule has 11 heteroatoms. The summed E-state index contributed by atoms with van der Waals surface area (Å²) in [6, 6.07) is 12.4. The Morgan fingerprint density at radius 3 is 2.46 bits per heavy atom. The van der Waals surface area contributed by atoms with Gasteiger partial charge < -0.3 is 20.3 Å². The molecule has 1 saturated heterocycles. The summed E-state index contributed by atoms with van der Waals surface area (Å²) in [5.41, 5.74) is 1.56. The highest BCUT2D eigenvalue weighted by atomic mass is 35.5. The first kappa shape index (κ1) is 26.0. The van der Waals surface area contributed by atoms with Gasteiger partial charge in [-0.3, -0.25) is 9.59 Å². The van der Waals surface area contributed by atoms with E-state index >= 15 is 0 Å². The Bertz CT molecular complexity index is 1340. The van der Waals surface area contributed by atoms with Crippen molar-refractivity contribution in [3.63, 3.8) is 0 Å². The maximum Gasteiger partial charge on any atom is 0.358 e. The average molecular weight is 523 g/mol. The van der Waals surface area contributed by atoms with Crippen molar-refractivity contribution >= 4 is 40.9 Å². The number of hydrogen-bond acceptors (Lipinski definition) is 8. The zero-order valence-electron chi connectivity index (χ0n) is 20.9. The van der Waals surface area contributed by atoms with Crippen molar-refractivity contribution in [2.24, 2.45) is 0 Å². The summed E-state index contributed by atoms with van der Waals surface area (Å²) < 4.78 is 4.68. The molecule has 1 aliphatic rings. The van der Waals surface area contributed by atoms with Crippen LogP contribution in [0.15, 0.2) is 48.7 Å². The summed E-state index contributed by atoms with van der Waals surface area (Å²) in [5.74, 6) is -0.562. The highest BCUT2D eigenvalue weighted by Crippen LogP contribution is 2.41. The van der Waals surface area contributed by atoms with Gasteiger partial charge in [-0.2, -0.15) is 0 Å². The molecule has 2 aromatic heterocycles. The molecule has 1 aromatic carbocycles. The molecule has 0 aliphatic carbocycles. The Hall–Kier alpha value is -4.05. The van der Waals surface area contributed by atoms with Gasteiger partial charge in [-0.05, 0) is 35.2 Å². The summed E-state index contributed by atoms with van der Waals surface area (Å²) in [4.78, 5) is 44.1. The molecular formula is C26H27ClN6O4. The Balaban J connectivity index is 1.70. The van der Waals surface area contributed by atoms with Crippen molar-refractivity contribution in [3.05, 3.63) is 76.2 Å². The summed E-state index contributed by atoms with van der Waals surface area (Å²) in [5, 5.41) is 13.7. The summed E-state index contributed by atoms with van der Waals surface area (Å²) in [6.07, 6.45) is 1.38. The van der Waals surface area contributed by atoms with Gasteiger partial charge in [0.1, 0.15) is 10.6 Å². The van der Waals surface area contributed by atoms with Crippen LogP contribution in [-0.4, -0.2) is 60.2 Å². The zero-order chi connectivity index (χ0) is 26.7. The van der Waals surface area contributed by atoms with Gasteiger partial charge in [0.2, 0.25) is 5.91 Å². The molecule has 4 rings (SSSR count). The molecular weight excluding hydrogens is 496 g/mol. The molecule has 0 spiro atoms. The van der Waals surface area contributed by atoms with Gasteiger partial charge in [0.05, 0.1) is 24.6 Å². The number of rotatable bonds is 7. The first-order valence-corrected chi connectivity index (χ1v) is 12.0. The average Bonchev–Trinajstić information content (AvgIpc) is 2.88. The molecule has 37 heavy (non-hydrogen) atoms. The number of benzene rings is 1. The van der Waals surface area contributed by atoms with E-state index in [-0.39, 0.29) is 33.9 Å². The van der Waals surface area contributed by atoms with Crippen LogP contribution in [0.3, 0.4) is 0 Å². The van der Waals surface area contributed by atoms with Crippen LogP contribution in [0, 0.1) is 0 Å². The van der Waals surface area contributed by atoms with Crippen molar-refractivity contribution in [1.82, 2.24) is 20.5 Å². The van der Waals surface area contributed by atoms with Gasteiger partial charge in [-0.15, -0.1) is 10.2 Å². The van der Waals surface area contributed by atoms with Crippen molar-refractivity contribution in [1.29, 1.82) is 0 Å². The molecule has 0 unspecified atom stereocenters. The smallest absolute Gasteiger partial charge is 0.358 e. The van der Waals surface area contributed by atoms with Crippen molar-refractivity contribution < 1.29 is 19.1 Å². The van der Waals surface area contributed by atoms with E-state index in [4.69, 9.17) is 11.6 Å². The first-order chi connectivity index (χ1) is 17.7. The second kappa shape index (κ2) is 10.5. The third kappa shape index (κ3) is 4.97. The maximum atomic E-state index is 14.0. The Morgan fingerprint density at radius 2 is 1.84 bits per heavy atom. The van der Waals surface area contributed by atoms with E-state index in [1.807, 2.05) is 29.2 Å². The SMILES string of the molecule is CNC(=O)c1cc(Cl)ncc1NC(=O)C1(c2ccccc2C(C)C)CN(c2ccc(C(=O)OC)nn2)C1. The lowest BCUT2D eigenvalue weighted by atomic mass is 9.69. The summed E-state index contributed by atoms with van der Waals surface area (Å²) in [7, 11) is 2.78. The molecule has 10 nitrogen and oxygen atoms in total. The predicted molar refractivity (Wildman–Crippen MR) is 139 cm³/mol. The minimum absolute atomic E-state index is 0.0953. The van der Waals surface area contributed by atoms with Crippen LogP contribution >= 0.6 is 11.6 Å². The third-order valence-corrected chi connectivity index (χ3v) is 6.62. The number of pyridine rings is 1. The number of carbonyl (C=O) groups excluding carboxylic acids is 3. The summed E-state index contributed by atoms with van der Waals surface area (Å²) in [6.45, 7) is 4.77. The monoisotopic (exact) mass is 522 g/mol. The van der Waals surface area contributed by atoms with Crippen LogP contribution in [0.1, 0.15) is 51.7 Å². The standard InChI is InChI=1S/C26H27ClN6O4/c1-15(2)16-7-5-6-8-18(16)26(13-33(14-26)22-10-9-19(31-32-22)24(35)37-4)25(36)30-20-12-29-21(27)11-17(20)23(34)28-3/h5-12,15H,13-14H2,1-4H3,(H,28,34)(H,30,36). The topological polar surface area (TPSA) is 126 Å². The molecule has 0 radical (unpaired) electrons. The number of esters is 1. The number of amides is 2. The van der Waals surface area contributed by atoms with Gasteiger partial charge in [-0.1, -0.05) is 49.7 Å². The van der Waals surface area contributed by atoms with E-state index < -0.39 is 17.3 Å². The van der Waals surface area contributed by atoms with Crippen LogP contribution in [0.25, 0.3) is 0 Å². The highest BCUT2D eigenvalue weighted by Gasteiger charge is 2.52. The van der Waals surface area contributed by atoms with Gasteiger partial charge in [-0.25, -0.2) is 9.78 Å². The maximum absolute atomic E-state index is 14.0. The first-order valence-electron chi connectivity index (χ1n) is 11.7. The second-order valence-electron chi connectivity index (χ2n) is 9.03. The van der Waals surface area contributed by atoms with Crippen LogP contribution in [-0.2, 0) is 14.9 Å². The van der Waals surface area contributed by atoms with E-state index in [0.29, 0.717) is 18.9 Å². The van der Waals surface area contributed by atoms with E-state index in [0.717, 1.165) is 11.1 Å². The molecule has 1 fully saturated rings. The van der Waals surface area contributed by atoms with E-state index in [2.05, 4.69) is 44.4 Å². The van der Waals surface area contributed by atoms with Crippen molar-refractivity contribution in [2.75, 3.05) is 37.5 Å². The normalized spacial score (nSPS) is 14.1. The minimum atomic E-state index is -0.941. The molecule has 1 aliphatic heterocycles. The molecule has 2 amide bonds. The van der Waals surface area contributed by atoms with E-state index in [1.165, 1.54) is 32.5 Å². The quantitative estimate of drug-likeness (QED) is 0.358. The van der Waals surface area contributed by atoms with Crippen LogP contribution in [0.5, 0.6) is 0 Å². The number of nitrogens with one attached hydrogen (secondary N) is 2. The number of halogens is 1. The largest absolute Gasteiger partial charge is 0.464 e. The van der Waals surface area contributed by atoms with Gasteiger partial charge in [0.25, 0.3) is 5.91 Å². The fourth-order valence-electron chi connectivity index (χ4n) is 4.44. The molecule has 0 atom stereocenters. The van der Waals surface area contributed by atoms with Gasteiger partial charge in [0.15, 0.2) is 11.5 Å². The number of carbonyl (C=O) groups is 3. The number of anilines is 2. The number of ether oxygens (including phenoxy) is 1. The van der Waals surface area contributed by atoms with Gasteiger partial charge in [0, 0.05) is 20.1 Å². The molecule has 192 valence electrons. The van der Waals surface area contributed by atoms with E-state index in [1.54, 1.807) is 6.07 Å². The fourth-order valence-corrected chi connectivity index (χ4v) is 4.60. The van der Waals surface area contributed by atoms with E-state index in [9.17, 15) is 14.4 Å². The number of aromatic nitrogens is 3. The fraction of sp³-hybridized carbons (Fsp3) is 0.308. The number of hydrogen-bond donors (Lipinski definition) is 2. The van der Waals surface area contributed by atoms with Crippen LogP contribution in [0.2, 0.25) is 5.15 Å². The molecule has 0 saturated carbocycles. The van der Waals surface area contributed by atoms with Crippen LogP contribution in [0.4, 0.5) is 11.5 Å². The third-order valence-electron chi connectivity index (χ3n) is 6.41. The second-order valence-corrected chi connectivity index (χ2v) is 9.42. The lowest BCUT2D eigenvalue weighted by Crippen LogP contribution is -2.66. The molecule has 3 heterocycles. The lowest BCUT2D eigenvalue weighted by Gasteiger charge is -2.50. The predicted octanol–water partition coefficient (Wildman–Crippen LogP) is 3.19. The minimum Gasteiger partial charge on any atom is -0.464 e. The van der Waals surface area contributed by atoms with Crippen molar-refractivity contribution in [3.8, 4) is 0 Å².